The third-order valence-electron chi connectivity index (χ3n) is 4.92. The van der Waals surface area contributed by atoms with Crippen LogP contribution in [0.25, 0.3) is 6.08 Å². The van der Waals surface area contributed by atoms with Crippen LogP contribution in [0.15, 0.2) is 29.8 Å². The Labute approximate surface area is 167 Å². The summed E-state index contributed by atoms with van der Waals surface area (Å²) in [5, 5.41) is 0. The summed E-state index contributed by atoms with van der Waals surface area (Å²) in [6, 6.07) is 8.11. The highest BCUT2D eigenvalue weighted by Gasteiger charge is 2.33. The summed E-state index contributed by atoms with van der Waals surface area (Å²) in [5.41, 5.74) is 2.76. The average molecular weight is 386 g/mol. The van der Waals surface area contributed by atoms with Gasteiger partial charge in [0, 0.05) is 18.5 Å². The minimum absolute atomic E-state index is 0.124. The second-order valence-corrected chi connectivity index (χ2v) is 7.49. The number of ether oxygens (including phenoxy) is 1. The molecule has 1 aliphatic rings. The molecule has 0 aromatic heterocycles. The number of carbonyl (C=O) groups is 3. The number of carbonyl (C=O) groups excluding carboxylic acids is 3. The molecular formula is C23H31NO4. The minimum atomic E-state index is -0.176. The Kier molecular flexibility index (Phi) is 8.42. The summed E-state index contributed by atoms with van der Waals surface area (Å²) in [7, 11) is 0. The summed E-state index contributed by atoms with van der Waals surface area (Å²) in [5.74, 6) is -0.00110. The van der Waals surface area contributed by atoms with E-state index in [1.54, 1.807) is 6.92 Å². The first-order valence-electron chi connectivity index (χ1n) is 10.2. The van der Waals surface area contributed by atoms with Crippen molar-refractivity contribution < 1.29 is 19.1 Å². The highest BCUT2D eigenvalue weighted by molar-refractivity contribution is 6.15. The maximum absolute atomic E-state index is 12.6. The molecular weight excluding hydrogens is 354 g/mol. The number of imide groups is 1. The van der Waals surface area contributed by atoms with Gasteiger partial charge < -0.3 is 4.74 Å². The van der Waals surface area contributed by atoms with Gasteiger partial charge >= 0.3 is 5.97 Å². The molecule has 152 valence electrons. The monoisotopic (exact) mass is 385 g/mol. The van der Waals surface area contributed by atoms with Crippen molar-refractivity contribution in [1.82, 2.24) is 4.90 Å². The van der Waals surface area contributed by atoms with Crippen LogP contribution < -0.4 is 0 Å². The first kappa shape index (κ1) is 21.9. The van der Waals surface area contributed by atoms with E-state index in [0.717, 1.165) is 31.2 Å². The Morgan fingerprint density at radius 3 is 2.43 bits per heavy atom. The minimum Gasteiger partial charge on any atom is -0.466 e. The normalized spacial score (nSPS) is 15.7. The van der Waals surface area contributed by atoms with Gasteiger partial charge in [-0.05, 0) is 42.9 Å². The largest absolute Gasteiger partial charge is 0.466 e. The molecule has 0 unspecified atom stereocenters. The van der Waals surface area contributed by atoms with Crippen LogP contribution in [0.2, 0.25) is 0 Å². The van der Waals surface area contributed by atoms with E-state index in [4.69, 9.17) is 4.74 Å². The van der Waals surface area contributed by atoms with Crippen LogP contribution in [0, 0.1) is 0 Å². The van der Waals surface area contributed by atoms with Gasteiger partial charge in [-0.2, -0.15) is 0 Å². The number of rotatable bonds is 10. The summed E-state index contributed by atoms with van der Waals surface area (Å²) >= 11 is 0. The number of benzene rings is 1. The molecule has 0 atom stereocenters. The lowest BCUT2D eigenvalue weighted by atomic mass is 10.0. The number of unbranched alkanes of at least 4 members (excludes halogenated alkanes) is 3. The van der Waals surface area contributed by atoms with Gasteiger partial charge in [0.2, 0.25) is 5.91 Å². The van der Waals surface area contributed by atoms with Gasteiger partial charge in [0.05, 0.1) is 13.0 Å². The fourth-order valence-corrected chi connectivity index (χ4v) is 3.26. The van der Waals surface area contributed by atoms with E-state index in [9.17, 15) is 14.4 Å². The second-order valence-electron chi connectivity index (χ2n) is 7.49. The molecule has 1 aromatic rings. The maximum atomic E-state index is 12.6. The summed E-state index contributed by atoms with van der Waals surface area (Å²) < 4.78 is 4.89. The molecule has 1 heterocycles. The van der Waals surface area contributed by atoms with Crippen molar-refractivity contribution >= 4 is 23.9 Å². The average Bonchev–Trinajstić information content (AvgIpc) is 2.92. The Morgan fingerprint density at radius 2 is 1.79 bits per heavy atom. The van der Waals surface area contributed by atoms with Gasteiger partial charge in [-0.1, -0.05) is 51.0 Å². The molecule has 2 amide bonds. The summed E-state index contributed by atoms with van der Waals surface area (Å²) in [6.07, 6.45) is 5.73. The van der Waals surface area contributed by atoms with E-state index in [2.05, 4.69) is 26.0 Å². The zero-order valence-corrected chi connectivity index (χ0v) is 17.2. The van der Waals surface area contributed by atoms with Crippen molar-refractivity contribution in [3.63, 3.8) is 0 Å². The third kappa shape index (κ3) is 6.32. The highest BCUT2D eigenvalue weighted by atomic mass is 16.5. The molecule has 0 N–H and O–H groups in total. The fourth-order valence-electron chi connectivity index (χ4n) is 3.26. The van der Waals surface area contributed by atoms with Crippen LogP contribution in [0.4, 0.5) is 0 Å². The summed E-state index contributed by atoms with van der Waals surface area (Å²) in [6.45, 7) is 6.94. The number of hydrogen-bond donors (Lipinski definition) is 0. The molecule has 0 bridgehead atoms. The SMILES string of the molecule is CCOC(=O)CCCCCCN1C(=O)CC(=Cc2ccc(C(C)C)cc2)C1=O. The predicted molar refractivity (Wildman–Crippen MR) is 110 cm³/mol. The van der Waals surface area contributed by atoms with Gasteiger partial charge in [-0.15, -0.1) is 0 Å². The van der Waals surface area contributed by atoms with Crippen molar-refractivity contribution in [3.8, 4) is 0 Å². The van der Waals surface area contributed by atoms with Gasteiger partial charge in [0.1, 0.15) is 0 Å². The first-order valence-corrected chi connectivity index (χ1v) is 10.2. The van der Waals surface area contributed by atoms with Gasteiger partial charge in [0.15, 0.2) is 0 Å². The summed E-state index contributed by atoms with van der Waals surface area (Å²) in [4.78, 5) is 37.4. The molecule has 0 radical (unpaired) electrons. The van der Waals surface area contributed by atoms with Crippen molar-refractivity contribution in [2.75, 3.05) is 13.2 Å². The number of amides is 2. The Balaban J connectivity index is 1.80. The quantitative estimate of drug-likeness (QED) is 0.258. The second kappa shape index (κ2) is 10.8. The molecule has 5 nitrogen and oxygen atoms in total. The smallest absolute Gasteiger partial charge is 0.305 e. The number of hydrogen-bond acceptors (Lipinski definition) is 4. The van der Waals surface area contributed by atoms with Gasteiger partial charge in [0.25, 0.3) is 5.91 Å². The van der Waals surface area contributed by atoms with Crippen molar-refractivity contribution in [1.29, 1.82) is 0 Å². The number of esters is 1. The highest BCUT2D eigenvalue weighted by Crippen LogP contribution is 2.23. The van der Waals surface area contributed by atoms with Crippen molar-refractivity contribution in [3.05, 3.63) is 41.0 Å². The Morgan fingerprint density at radius 1 is 1.11 bits per heavy atom. The molecule has 28 heavy (non-hydrogen) atoms. The number of nitrogens with zero attached hydrogens (tertiary/aromatic N) is 1. The first-order chi connectivity index (χ1) is 13.4. The van der Waals surface area contributed by atoms with Crippen LogP contribution >= 0.6 is 0 Å². The van der Waals surface area contributed by atoms with E-state index >= 15 is 0 Å². The number of likely N-dealkylation sites (tertiary alicyclic amines) is 1. The van der Waals surface area contributed by atoms with Gasteiger partial charge in [-0.25, -0.2) is 0 Å². The van der Waals surface area contributed by atoms with E-state index < -0.39 is 0 Å². The van der Waals surface area contributed by atoms with Crippen molar-refractivity contribution in [2.24, 2.45) is 0 Å². The fraction of sp³-hybridized carbons (Fsp3) is 0.522. The van der Waals surface area contributed by atoms with E-state index in [0.29, 0.717) is 31.1 Å². The topological polar surface area (TPSA) is 63.7 Å². The van der Waals surface area contributed by atoms with Crippen LogP contribution in [0.1, 0.15) is 76.3 Å². The Hall–Kier alpha value is -2.43. The molecule has 0 aliphatic carbocycles. The maximum Gasteiger partial charge on any atom is 0.305 e. The lowest BCUT2D eigenvalue weighted by molar-refractivity contribution is -0.143. The van der Waals surface area contributed by atoms with Crippen LogP contribution in [-0.4, -0.2) is 35.8 Å². The Bertz CT molecular complexity index is 719. The third-order valence-corrected chi connectivity index (χ3v) is 4.92. The van der Waals surface area contributed by atoms with E-state index in [1.807, 2.05) is 18.2 Å². The molecule has 1 aliphatic heterocycles. The zero-order chi connectivity index (χ0) is 20.5. The van der Waals surface area contributed by atoms with E-state index in [1.165, 1.54) is 10.5 Å². The van der Waals surface area contributed by atoms with Crippen molar-refractivity contribution in [2.45, 2.75) is 65.2 Å². The molecule has 2 rings (SSSR count). The standard InChI is InChI=1S/C23H31NO4/c1-4-28-22(26)9-7-5-6-8-14-24-21(25)16-20(23(24)27)15-18-10-12-19(13-11-18)17(2)3/h10-13,15,17H,4-9,14,16H2,1-3H3. The van der Waals surface area contributed by atoms with Crippen LogP contribution in [-0.2, 0) is 19.1 Å². The van der Waals surface area contributed by atoms with E-state index in [-0.39, 0.29) is 24.2 Å². The van der Waals surface area contributed by atoms with Crippen LogP contribution in [0.5, 0.6) is 0 Å². The zero-order valence-electron chi connectivity index (χ0n) is 17.2. The predicted octanol–water partition coefficient (Wildman–Crippen LogP) is 4.47. The molecule has 0 spiro atoms. The molecule has 1 saturated heterocycles. The molecule has 0 saturated carbocycles. The lowest BCUT2D eigenvalue weighted by Crippen LogP contribution is -2.30. The molecule has 1 fully saturated rings. The van der Waals surface area contributed by atoms with Crippen LogP contribution in [0.3, 0.4) is 0 Å². The molecule has 5 heteroatoms. The molecule has 1 aromatic carbocycles. The lowest BCUT2D eigenvalue weighted by Gasteiger charge is -2.13. The van der Waals surface area contributed by atoms with Gasteiger partial charge in [-0.3, -0.25) is 19.3 Å².